The van der Waals surface area contributed by atoms with Crippen LogP contribution in [-0.4, -0.2) is 29.5 Å². The maximum atomic E-state index is 13.1. The lowest BCUT2D eigenvalue weighted by molar-refractivity contribution is 0.366. The van der Waals surface area contributed by atoms with Gasteiger partial charge in [-0.1, -0.05) is 30.5 Å². The smallest absolute Gasteiger partial charge is 0.182 e. The summed E-state index contributed by atoms with van der Waals surface area (Å²) in [6.45, 7) is 2.61. The monoisotopic (exact) mass is 347 g/mol. The zero-order chi connectivity index (χ0) is 17.2. The van der Waals surface area contributed by atoms with E-state index in [1.165, 1.54) is 0 Å². The summed E-state index contributed by atoms with van der Waals surface area (Å²) in [5.41, 5.74) is 2.13. The highest BCUT2D eigenvalue weighted by Gasteiger charge is 2.36. The van der Waals surface area contributed by atoms with Gasteiger partial charge in [0, 0.05) is 25.8 Å². The number of sulfone groups is 1. The fourth-order valence-corrected chi connectivity index (χ4v) is 5.42. The molecular weight excluding hydrogens is 322 g/mol. The highest BCUT2D eigenvalue weighted by Crippen LogP contribution is 2.29. The van der Waals surface area contributed by atoms with Crippen molar-refractivity contribution in [3.05, 3.63) is 47.8 Å². The number of benzene rings is 1. The van der Waals surface area contributed by atoms with E-state index in [9.17, 15) is 8.42 Å². The normalized spacial score (nSPS) is 21.8. The summed E-state index contributed by atoms with van der Waals surface area (Å²) < 4.78 is 28.0. The molecular formula is C18H25N3O2S. The summed E-state index contributed by atoms with van der Waals surface area (Å²) in [4.78, 5) is 0.437. The van der Waals surface area contributed by atoms with Crippen LogP contribution in [0.5, 0.6) is 0 Å². The van der Waals surface area contributed by atoms with E-state index >= 15 is 0 Å². The van der Waals surface area contributed by atoms with Crippen molar-refractivity contribution in [2.45, 2.75) is 55.3 Å². The number of hydrogen-bond acceptors (Lipinski definition) is 4. The third kappa shape index (κ3) is 3.54. The van der Waals surface area contributed by atoms with Crippen molar-refractivity contribution in [2.24, 2.45) is 7.05 Å². The molecule has 5 nitrogen and oxygen atoms in total. The van der Waals surface area contributed by atoms with Crippen LogP contribution in [0.1, 0.15) is 36.9 Å². The minimum atomic E-state index is -3.31. The van der Waals surface area contributed by atoms with Gasteiger partial charge in [0.05, 0.1) is 15.8 Å². The maximum Gasteiger partial charge on any atom is 0.182 e. The molecule has 130 valence electrons. The van der Waals surface area contributed by atoms with Crippen molar-refractivity contribution in [3.8, 4) is 0 Å². The second-order valence-corrected chi connectivity index (χ2v) is 8.78. The first-order valence-corrected chi connectivity index (χ1v) is 10.0. The molecule has 0 aliphatic heterocycles. The Labute approximate surface area is 144 Å². The molecule has 2 atom stereocenters. The lowest BCUT2D eigenvalue weighted by Crippen LogP contribution is -2.46. The summed E-state index contributed by atoms with van der Waals surface area (Å²) in [6, 6.07) is 9.15. The number of aromatic nitrogens is 2. The van der Waals surface area contributed by atoms with Gasteiger partial charge in [-0.25, -0.2) is 8.42 Å². The van der Waals surface area contributed by atoms with E-state index in [-0.39, 0.29) is 11.3 Å². The van der Waals surface area contributed by atoms with Gasteiger partial charge < -0.3 is 5.32 Å². The number of aryl methyl sites for hydroxylation is 2. The van der Waals surface area contributed by atoms with Crippen LogP contribution in [-0.2, 0) is 23.4 Å². The van der Waals surface area contributed by atoms with Gasteiger partial charge in [-0.05, 0) is 38.0 Å². The fraction of sp³-hybridized carbons (Fsp3) is 0.500. The molecule has 1 aromatic heterocycles. The molecule has 1 aliphatic rings. The van der Waals surface area contributed by atoms with E-state index in [1.54, 1.807) is 18.3 Å². The zero-order valence-electron chi connectivity index (χ0n) is 14.3. The minimum Gasteiger partial charge on any atom is -0.307 e. The van der Waals surface area contributed by atoms with Crippen molar-refractivity contribution < 1.29 is 8.42 Å². The average molecular weight is 347 g/mol. The van der Waals surface area contributed by atoms with Crippen LogP contribution >= 0.6 is 0 Å². The van der Waals surface area contributed by atoms with Crippen LogP contribution in [0.25, 0.3) is 0 Å². The maximum absolute atomic E-state index is 13.1. The third-order valence-corrected chi connectivity index (χ3v) is 7.21. The number of nitrogens with one attached hydrogen (secondary N) is 1. The highest BCUT2D eigenvalue weighted by atomic mass is 32.2. The summed E-state index contributed by atoms with van der Waals surface area (Å²) in [5, 5.41) is 7.27. The van der Waals surface area contributed by atoms with Crippen molar-refractivity contribution >= 4 is 9.84 Å². The van der Waals surface area contributed by atoms with Gasteiger partial charge in [0.2, 0.25) is 0 Å². The van der Waals surface area contributed by atoms with Gasteiger partial charge in [0.25, 0.3) is 0 Å². The van der Waals surface area contributed by atoms with Gasteiger partial charge in [0.15, 0.2) is 9.84 Å². The summed E-state index contributed by atoms with van der Waals surface area (Å²) in [7, 11) is -1.41. The zero-order valence-corrected chi connectivity index (χ0v) is 15.1. The van der Waals surface area contributed by atoms with Gasteiger partial charge in [0.1, 0.15) is 0 Å². The quantitative estimate of drug-likeness (QED) is 0.903. The standard InChI is InChI=1S/C18H25N3O2S/c1-14-7-9-16(10-8-14)24(22,23)18-6-4-3-5-17(18)19-13-15-11-12-20-21(15)2/h7-12,17-19H,3-6,13H2,1-2H3/t17-,18-/m0/s1. The van der Waals surface area contributed by atoms with Crippen LogP contribution in [0, 0.1) is 6.92 Å². The topological polar surface area (TPSA) is 64.0 Å². The van der Waals surface area contributed by atoms with E-state index in [0.29, 0.717) is 11.4 Å². The first-order valence-electron chi connectivity index (χ1n) is 8.49. The largest absolute Gasteiger partial charge is 0.307 e. The Kier molecular flexibility index (Phi) is 5.06. The van der Waals surface area contributed by atoms with E-state index in [4.69, 9.17) is 0 Å². The molecule has 24 heavy (non-hydrogen) atoms. The van der Waals surface area contributed by atoms with Crippen LogP contribution in [0.3, 0.4) is 0 Å². The molecule has 1 heterocycles. The van der Waals surface area contributed by atoms with E-state index in [0.717, 1.165) is 36.9 Å². The Balaban J connectivity index is 1.78. The second kappa shape index (κ2) is 7.07. The second-order valence-electron chi connectivity index (χ2n) is 6.61. The first-order chi connectivity index (χ1) is 11.5. The molecule has 0 saturated heterocycles. The van der Waals surface area contributed by atoms with Crippen molar-refractivity contribution in [1.29, 1.82) is 0 Å². The van der Waals surface area contributed by atoms with Crippen LogP contribution in [0.15, 0.2) is 41.4 Å². The molecule has 1 fully saturated rings. The molecule has 1 saturated carbocycles. The van der Waals surface area contributed by atoms with Crippen molar-refractivity contribution in [2.75, 3.05) is 0 Å². The first kappa shape index (κ1) is 17.2. The molecule has 1 N–H and O–H groups in total. The van der Waals surface area contributed by atoms with Crippen LogP contribution in [0.2, 0.25) is 0 Å². The lowest BCUT2D eigenvalue weighted by Gasteiger charge is -2.32. The third-order valence-electron chi connectivity index (χ3n) is 4.92. The van der Waals surface area contributed by atoms with Crippen molar-refractivity contribution in [3.63, 3.8) is 0 Å². The number of hydrogen-bond donors (Lipinski definition) is 1. The molecule has 0 radical (unpaired) electrons. The van der Waals surface area contributed by atoms with Gasteiger partial charge in [-0.3, -0.25) is 4.68 Å². The Morgan fingerprint density at radius 2 is 1.88 bits per heavy atom. The highest BCUT2D eigenvalue weighted by molar-refractivity contribution is 7.92. The van der Waals surface area contributed by atoms with Crippen molar-refractivity contribution in [1.82, 2.24) is 15.1 Å². The number of nitrogens with zero attached hydrogens (tertiary/aromatic N) is 2. The Bertz CT molecular complexity index is 781. The van der Waals surface area contributed by atoms with E-state index < -0.39 is 9.84 Å². The van der Waals surface area contributed by atoms with Gasteiger partial charge >= 0.3 is 0 Å². The summed E-state index contributed by atoms with van der Waals surface area (Å²) in [6.07, 6.45) is 5.42. The average Bonchev–Trinajstić information content (AvgIpc) is 2.99. The van der Waals surface area contributed by atoms with Gasteiger partial charge in [-0.15, -0.1) is 0 Å². The SMILES string of the molecule is Cc1ccc(S(=O)(=O)[C@H]2CCCC[C@@H]2NCc2ccnn2C)cc1. The predicted molar refractivity (Wildman–Crippen MR) is 94.5 cm³/mol. The molecule has 3 rings (SSSR count). The molecule has 1 aromatic carbocycles. The lowest BCUT2D eigenvalue weighted by atomic mass is 9.95. The van der Waals surface area contributed by atoms with Crippen LogP contribution in [0.4, 0.5) is 0 Å². The Morgan fingerprint density at radius 1 is 1.17 bits per heavy atom. The molecule has 0 spiro atoms. The summed E-state index contributed by atoms with van der Waals surface area (Å²) in [5.74, 6) is 0. The van der Waals surface area contributed by atoms with E-state index in [1.807, 2.05) is 36.9 Å². The molecule has 6 heteroatoms. The number of rotatable bonds is 5. The summed E-state index contributed by atoms with van der Waals surface area (Å²) >= 11 is 0. The molecule has 0 bridgehead atoms. The molecule has 0 amide bonds. The van der Waals surface area contributed by atoms with E-state index in [2.05, 4.69) is 10.4 Å². The molecule has 1 aliphatic carbocycles. The molecule has 0 unspecified atom stereocenters. The Morgan fingerprint density at radius 3 is 2.54 bits per heavy atom. The van der Waals surface area contributed by atoms with Gasteiger partial charge in [-0.2, -0.15) is 5.10 Å². The molecule has 2 aromatic rings. The Hall–Kier alpha value is -1.66. The van der Waals surface area contributed by atoms with Crippen LogP contribution < -0.4 is 5.32 Å². The minimum absolute atomic E-state index is 0.0139. The fourth-order valence-electron chi connectivity index (χ4n) is 3.41. The predicted octanol–water partition coefficient (Wildman–Crippen LogP) is 2.60.